The summed E-state index contributed by atoms with van der Waals surface area (Å²) in [5, 5.41) is 2.26. The monoisotopic (exact) mass is 596 g/mol. The lowest BCUT2D eigenvalue weighted by Crippen LogP contribution is -2.08. The molecule has 46 heavy (non-hydrogen) atoms. The second kappa shape index (κ2) is 10.9. The third-order valence-corrected chi connectivity index (χ3v) is 9.05. The van der Waals surface area contributed by atoms with Crippen LogP contribution in [0.1, 0.15) is 23.5 Å². The van der Waals surface area contributed by atoms with E-state index in [1.54, 1.807) is 12.4 Å². The van der Waals surface area contributed by atoms with Crippen LogP contribution in [-0.4, -0.2) is 16.8 Å². The summed E-state index contributed by atoms with van der Waals surface area (Å²) in [7, 11) is 0. The number of allylic oxidation sites excluding steroid dienone is 4. The van der Waals surface area contributed by atoms with Crippen molar-refractivity contribution < 1.29 is 13.9 Å². The molecule has 0 bridgehead atoms. The van der Waals surface area contributed by atoms with Gasteiger partial charge in [-0.2, -0.15) is 0 Å². The van der Waals surface area contributed by atoms with E-state index in [1.165, 1.54) is 11.1 Å². The van der Waals surface area contributed by atoms with Crippen LogP contribution in [0.25, 0.3) is 60.9 Å². The van der Waals surface area contributed by atoms with Crippen LogP contribution in [0, 0.1) is 0 Å². The maximum Gasteiger partial charge on any atom is 0.230 e. The van der Waals surface area contributed by atoms with E-state index in [4.69, 9.17) is 13.9 Å². The molecule has 0 radical (unpaired) electrons. The molecule has 9 rings (SSSR count). The smallest absolute Gasteiger partial charge is 0.230 e. The van der Waals surface area contributed by atoms with Crippen molar-refractivity contribution in [2.75, 3.05) is 6.79 Å². The molecule has 0 spiro atoms. The van der Waals surface area contributed by atoms with Gasteiger partial charge in [-0.25, -0.2) is 0 Å². The number of fused-ring (bicyclic) bond motifs is 6. The van der Waals surface area contributed by atoms with Gasteiger partial charge in [0.2, 0.25) is 6.79 Å². The normalized spacial score (nSPS) is 15.6. The standard InChI is InChI=1S/C41H28N2O3/c1-2-8-40-34(7-1)35-20-27(11-14-41(35)46-40)26-9-12-38-36(21-26)37-22-28(10-13-39(37)45-25-44-38)31-17-32(29-5-3-15-42-23-29)19-33(18-31)30-6-4-16-43-24-30/h1-20,22-24,36H,21,25H2. The van der Waals surface area contributed by atoms with Crippen LogP contribution >= 0.6 is 0 Å². The first-order chi connectivity index (χ1) is 22.8. The molecule has 3 aromatic heterocycles. The quantitative estimate of drug-likeness (QED) is 0.202. The fraction of sp³-hybridized carbons (Fsp3) is 0.0732. The molecule has 1 unspecified atom stereocenters. The van der Waals surface area contributed by atoms with Crippen molar-refractivity contribution in [2.45, 2.75) is 12.3 Å². The van der Waals surface area contributed by atoms with E-state index in [0.29, 0.717) is 0 Å². The third kappa shape index (κ3) is 4.65. The topological polar surface area (TPSA) is 57.4 Å². The van der Waals surface area contributed by atoms with Gasteiger partial charge in [-0.1, -0.05) is 48.5 Å². The van der Waals surface area contributed by atoms with Crippen LogP contribution in [0.3, 0.4) is 0 Å². The summed E-state index contributed by atoms with van der Waals surface area (Å²) in [6, 6.07) is 36.0. The minimum Gasteiger partial charge on any atom is -0.461 e. The second-order valence-corrected chi connectivity index (χ2v) is 11.8. The summed E-state index contributed by atoms with van der Waals surface area (Å²) < 4.78 is 18.4. The first-order valence-corrected chi connectivity index (χ1v) is 15.4. The van der Waals surface area contributed by atoms with Crippen LogP contribution in [0.15, 0.2) is 150 Å². The Kier molecular flexibility index (Phi) is 6.27. The fourth-order valence-electron chi connectivity index (χ4n) is 6.73. The van der Waals surface area contributed by atoms with Gasteiger partial charge in [-0.05, 0) is 107 Å². The SMILES string of the molecule is C1=C(c2ccc3oc4ccccc4c3c2)CC2C(=C1)OCOc1ccc(-c3cc(-c4cccnc4)cc(-c4cccnc4)c3)cc12. The van der Waals surface area contributed by atoms with Crippen LogP contribution in [0.5, 0.6) is 5.75 Å². The number of aromatic nitrogens is 2. The Morgan fingerprint density at radius 2 is 1.26 bits per heavy atom. The molecule has 1 atom stereocenters. The number of hydrogen-bond donors (Lipinski definition) is 0. The van der Waals surface area contributed by atoms with Crippen LogP contribution in [0.2, 0.25) is 0 Å². The first-order valence-electron chi connectivity index (χ1n) is 15.4. The molecule has 4 aromatic carbocycles. The number of pyridine rings is 2. The molecule has 220 valence electrons. The van der Waals surface area contributed by atoms with Crippen LogP contribution < -0.4 is 4.74 Å². The highest BCUT2D eigenvalue weighted by Gasteiger charge is 2.29. The van der Waals surface area contributed by atoms with E-state index in [1.807, 2.05) is 36.7 Å². The molecular weight excluding hydrogens is 568 g/mol. The van der Waals surface area contributed by atoms with Gasteiger partial charge in [-0.15, -0.1) is 0 Å². The Hall–Kier alpha value is -5.94. The maximum absolute atomic E-state index is 6.15. The lowest BCUT2D eigenvalue weighted by molar-refractivity contribution is 0.0627. The van der Waals surface area contributed by atoms with Gasteiger partial charge in [0, 0.05) is 58.2 Å². The van der Waals surface area contributed by atoms with Crippen molar-refractivity contribution in [3.8, 4) is 39.1 Å². The van der Waals surface area contributed by atoms with E-state index in [9.17, 15) is 0 Å². The number of furan rings is 1. The molecule has 0 saturated carbocycles. The summed E-state index contributed by atoms with van der Waals surface area (Å²) in [5.74, 6) is 1.80. The lowest BCUT2D eigenvalue weighted by Gasteiger charge is -2.24. The molecule has 7 aromatic rings. The molecule has 5 nitrogen and oxygen atoms in total. The Morgan fingerprint density at radius 1 is 0.543 bits per heavy atom. The highest BCUT2D eigenvalue weighted by molar-refractivity contribution is 6.05. The Balaban J connectivity index is 1.12. The van der Waals surface area contributed by atoms with Gasteiger partial charge in [0.15, 0.2) is 0 Å². The van der Waals surface area contributed by atoms with Crippen LogP contribution in [0.4, 0.5) is 0 Å². The average molecular weight is 597 g/mol. The second-order valence-electron chi connectivity index (χ2n) is 11.8. The predicted octanol–water partition coefficient (Wildman–Crippen LogP) is 10.2. The van der Waals surface area contributed by atoms with Crippen molar-refractivity contribution >= 4 is 27.5 Å². The molecule has 1 aliphatic carbocycles. The Labute approximate surface area is 266 Å². The molecule has 5 heteroatoms. The minimum absolute atomic E-state index is 0.0218. The molecule has 4 heterocycles. The molecule has 0 amide bonds. The van der Waals surface area contributed by atoms with E-state index in [-0.39, 0.29) is 12.7 Å². The highest BCUT2D eigenvalue weighted by atomic mass is 16.7. The fourth-order valence-corrected chi connectivity index (χ4v) is 6.73. The number of para-hydroxylation sites is 1. The summed E-state index contributed by atoms with van der Waals surface area (Å²) in [6.45, 7) is 0.187. The zero-order valence-corrected chi connectivity index (χ0v) is 24.9. The van der Waals surface area contributed by atoms with Crippen molar-refractivity contribution in [1.29, 1.82) is 0 Å². The van der Waals surface area contributed by atoms with Gasteiger partial charge in [0.25, 0.3) is 0 Å². The maximum atomic E-state index is 6.15. The number of benzene rings is 4. The molecule has 0 N–H and O–H groups in total. The summed E-state index contributed by atoms with van der Waals surface area (Å²) >= 11 is 0. The van der Waals surface area contributed by atoms with Gasteiger partial charge in [0.05, 0.1) is 0 Å². The number of ether oxygens (including phenoxy) is 2. The van der Waals surface area contributed by atoms with Gasteiger partial charge >= 0.3 is 0 Å². The van der Waals surface area contributed by atoms with E-state index in [0.717, 1.165) is 78.8 Å². The lowest BCUT2D eigenvalue weighted by atomic mass is 9.82. The number of hydrogen-bond acceptors (Lipinski definition) is 5. The van der Waals surface area contributed by atoms with Crippen LogP contribution in [-0.2, 0) is 4.74 Å². The first kappa shape index (κ1) is 26.5. The van der Waals surface area contributed by atoms with E-state index >= 15 is 0 Å². The third-order valence-electron chi connectivity index (χ3n) is 9.05. The number of nitrogens with zero attached hydrogens (tertiary/aromatic N) is 2. The Bertz CT molecular complexity index is 2260. The van der Waals surface area contributed by atoms with E-state index < -0.39 is 0 Å². The molecule has 0 saturated heterocycles. The van der Waals surface area contributed by atoms with Crippen molar-refractivity contribution in [3.63, 3.8) is 0 Å². The molecule has 2 aliphatic rings. The summed E-state index contributed by atoms with van der Waals surface area (Å²) in [6.07, 6.45) is 12.5. The molecular formula is C41H28N2O3. The zero-order chi connectivity index (χ0) is 30.5. The van der Waals surface area contributed by atoms with Crippen molar-refractivity contribution in [2.24, 2.45) is 0 Å². The molecule has 1 aliphatic heterocycles. The average Bonchev–Trinajstić information content (AvgIpc) is 3.40. The van der Waals surface area contributed by atoms with Gasteiger partial charge < -0.3 is 13.9 Å². The summed E-state index contributed by atoms with van der Waals surface area (Å²) in [5.41, 5.74) is 11.9. The van der Waals surface area contributed by atoms with Gasteiger partial charge in [-0.3, -0.25) is 9.97 Å². The zero-order valence-electron chi connectivity index (χ0n) is 24.9. The molecule has 0 fully saturated rings. The van der Waals surface area contributed by atoms with Crippen molar-refractivity contribution in [3.05, 3.63) is 157 Å². The highest BCUT2D eigenvalue weighted by Crippen LogP contribution is 2.46. The Morgan fingerprint density at radius 3 is 2.02 bits per heavy atom. The largest absolute Gasteiger partial charge is 0.461 e. The predicted molar refractivity (Wildman–Crippen MR) is 182 cm³/mol. The minimum atomic E-state index is 0.0218. The summed E-state index contributed by atoms with van der Waals surface area (Å²) in [4.78, 5) is 8.76. The van der Waals surface area contributed by atoms with E-state index in [2.05, 4.69) is 101 Å². The van der Waals surface area contributed by atoms with Gasteiger partial charge in [0.1, 0.15) is 22.7 Å². The number of rotatable bonds is 4. The van der Waals surface area contributed by atoms with Crippen molar-refractivity contribution in [1.82, 2.24) is 9.97 Å².